The number of methoxy groups -OCH3 is 1. The van der Waals surface area contributed by atoms with Gasteiger partial charge in [-0.05, 0) is 30.7 Å². The van der Waals surface area contributed by atoms with Crippen molar-refractivity contribution in [3.05, 3.63) is 93.3 Å². The van der Waals surface area contributed by atoms with Crippen molar-refractivity contribution >= 4 is 17.8 Å². The van der Waals surface area contributed by atoms with Gasteiger partial charge in [0.25, 0.3) is 5.91 Å². The van der Waals surface area contributed by atoms with E-state index in [1.165, 1.54) is 31.8 Å². The first-order valence-electron chi connectivity index (χ1n) is 9.26. The molecule has 0 spiro atoms. The van der Waals surface area contributed by atoms with Crippen LogP contribution < -0.4 is 14.9 Å². The molecule has 1 heterocycles. The highest BCUT2D eigenvalue weighted by Crippen LogP contribution is 2.38. The number of hydrogen-bond acceptors (Lipinski definition) is 7. The van der Waals surface area contributed by atoms with E-state index in [4.69, 9.17) is 9.47 Å². The van der Waals surface area contributed by atoms with Gasteiger partial charge >= 0.3 is 5.69 Å². The van der Waals surface area contributed by atoms with Gasteiger partial charge in [0, 0.05) is 29.6 Å². The number of nitro benzene ring substituents is 1. The molecule has 2 aromatic carbocycles. The van der Waals surface area contributed by atoms with Crippen LogP contribution in [0, 0.1) is 17.0 Å². The van der Waals surface area contributed by atoms with Crippen LogP contribution in [0.1, 0.15) is 27.0 Å². The molecule has 0 saturated carbocycles. The highest BCUT2D eigenvalue weighted by atomic mass is 16.6. The number of benzene rings is 2. The van der Waals surface area contributed by atoms with Crippen LogP contribution in [0.5, 0.6) is 11.5 Å². The van der Waals surface area contributed by atoms with E-state index in [1.54, 1.807) is 18.2 Å². The van der Waals surface area contributed by atoms with Crippen LogP contribution in [0.15, 0.2) is 66.0 Å². The van der Waals surface area contributed by atoms with Gasteiger partial charge in [0.05, 0.1) is 18.2 Å². The average molecular weight is 420 g/mol. The lowest BCUT2D eigenvalue weighted by Crippen LogP contribution is -2.17. The summed E-state index contributed by atoms with van der Waals surface area (Å²) in [5.74, 6) is -0.228. The van der Waals surface area contributed by atoms with Gasteiger partial charge in [0.15, 0.2) is 5.75 Å². The van der Waals surface area contributed by atoms with Crippen molar-refractivity contribution in [3.63, 3.8) is 0 Å². The molecule has 1 N–H and O–H groups in total. The lowest BCUT2D eigenvalue weighted by Gasteiger charge is -2.12. The maximum Gasteiger partial charge on any atom is 0.315 e. The fourth-order valence-corrected chi connectivity index (χ4v) is 2.81. The minimum Gasteiger partial charge on any atom is -0.493 e. The smallest absolute Gasteiger partial charge is 0.315 e. The van der Waals surface area contributed by atoms with E-state index in [-0.39, 0.29) is 23.8 Å². The molecule has 0 bridgehead atoms. The average Bonchev–Trinajstić information content (AvgIpc) is 2.78. The van der Waals surface area contributed by atoms with Crippen molar-refractivity contribution in [3.8, 4) is 11.5 Å². The number of amides is 1. The molecule has 0 unspecified atom stereocenters. The maximum atomic E-state index is 12.0. The van der Waals surface area contributed by atoms with Gasteiger partial charge in [-0.1, -0.05) is 29.8 Å². The zero-order chi connectivity index (χ0) is 22.2. The second-order valence-corrected chi connectivity index (χ2v) is 6.54. The Labute approximate surface area is 178 Å². The van der Waals surface area contributed by atoms with Crippen molar-refractivity contribution in [2.45, 2.75) is 13.5 Å². The molecule has 1 aromatic heterocycles. The van der Waals surface area contributed by atoms with Crippen LogP contribution >= 0.6 is 0 Å². The number of nitro groups is 1. The summed E-state index contributed by atoms with van der Waals surface area (Å²) in [5, 5.41) is 15.5. The van der Waals surface area contributed by atoms with E-state index >= 15 is 0 Å². The Morgan fingerprint density at radius 2 is 2.00 bits per heavy atom. The molecular formula is C22H20N4O5. The van der Waals surface area contributed by atoms with Crippen molar-refractivity contribution in [1.29, 1.82) is 0 Å². The number of carbonyl (C=O) groups excluding carboxylic acids is 1. The summed E-state index contributed by atoms with van der Waals surface area (Å²) >= 11 is 0. The Morgan fingerprint density at radius 3 is 2.68 bits per heavy atom. The van der Waals surface area contributed by atoms with E-state index in [0.29, 0.717) is 11.1 Å². The number of rotatable bonds is 8. The summed E-state index contributed by atoms with van der Waals surface area (Å²) in [7, 11) is 1.39. The van der Waals surface area contributed by atoms with Crippen LogP contribution in [-0.2, 0) is 6.61 Å². The standard InChI is InChI=1S/C22H20N4O5/c1-15-4-3-5-16(10-15)14-31-21-19(26(28)29)11-17(12-20(21)30-2)13-24-25-22(27)18-6-8-23-9-7-18/h3-13H,14H2,1-2H3,(H,25,27)/b24-13-. The third-order valence-corrected chi connectivity index (χ3v) is 4.26. The van der Waals surface area contributed by atoms with Gasteiger partial charge < -0.3 is 9.47 Å². The second kappa shape index (κ2) is 9.97. The number of nitrogens with zero attached hydrogens (tertiary/aromatic N) is 3. The number of hydrogen-bond donors (Lipinski definition) is 1. The van der Waals surface area contributed by atoms with Crippen molar-refractivity contribution in [1.82, 2.24) is 10.4 Å². The van der Waals surface area contributed by atoms with Crippen molar-refractivity contribution in [2.24, 2.45) is 5.10 Å². The topological polar surface area (TPSA) is 116 Å². The molecule has 0 aliphatic carbocycles. The van der Waals surface area contributed by atoms with Gasteiger partial charge in [-0.15, -0.1) is 0 Å². The largest absolute Gasteiger partial charge is 0.493 e. The molecule has 3 aromatic rings. The summed E-state index contributed by atoms with van der Waals surface area (Å²) < 4.78 is 11.0. The number of pyridine rings is 1. The Morgan fingerprint density at radius 1 is 1.23 bits per heavy atom. The summed E-state index contributed by atoms with van der Waals surface area (Å²) in [5.41, 5.74) is 4.77. The number of aryl methyl sites for hydroxylation is 1. The Balaban J connectivity index is 1.80. The molecule has 158 valence electrons. The monoisotopic (exact) mass is 420 g/mol. The SMILES string of the molecule is COc1cc(/C=N\NC(=O)c2ccncc2)cc([N+](=O)[O-])c1OCc1cccc(C)c1. The minimum atomic E-state index is -0.555. The third kappa shape index (κ3) is 5.63. The molecule has 3 rings (SSSR count). The first kappa shape index (κ1) is 21.4. The Bertz CT molecular complexity index is 1120. The number of aromatic nitrogens is 1. The third-order valence-electron chi connectivity index (χ3n) is 4.26. The Kier molecular flexibility index (Phi) is 6.89. The van der Waals surface area contributed by atoms with E-state index in [9.17, 15) is 14.9 Å². The van der Waals surface area contributed by atoms with Gasteiger partial charge in [-0.2, -0.15) is 5.10 Å². The van der Waals surface area contributed by atoms with E-state index in [1.807, 2.05) is 31.2 Å². The van der Waals surface area contributed by atoms with E-state index in [0.717, 1.165) is 11.1 Å². The molecule has 0 fully saturated rings. The number of ether oxygens (including phenoxy) is 2. The molecule has 0 aliphatic rings. The van der Waals surface area contributed by atoms with Crippen molar-refractivity contribution in [2.75, 3.05) is 7.11 Å². The number of nitrogens with one attached hydrogen (secondary N) is 1. The maximum absolute atomic E-state index is 12.0. The van der Waals surface area contributed by atoms with Gasteiger partial charge in [-0.25, -0.2) is 5.43 Å². The minimum absolute atomic E-state index is 0.0203. The summed E-state index contributed by atoms with van der Waals surface area (Å²) in [4.78, 5) is 26.9. The molecule has 0 radical (unpaired) electrons. The number of carbonyl (C=O) groups is 1. The molecular weight excluding hydrogens is 400 g/mol. The lowest BCUT2D eigenvalue weighted by atomic mass is 10.1. The second-order valence-electron chi connectivity index (χ2n) is 6.54. The molecule has 1 amide bonds. The van der Waals surface area contributed by atoms with Crippen molar-refractivity contribution < 1.29 is 19.2 Å². The molecule has 9 heteroatoms. The summed E-state index contributed by atoms with van der Waals surface area (Å²) in [6, 6.07) is 13.6. The highest BCUT2D eigenvalue weighted by Gasteiger charge is 2.22. The Hall–Kier alpha value is -4.27. The quantitative estimate of drug-likeness (QED) is 0.338. The van der Waals surface area contributed by atoms with Gasteiger partial charge in [0.1, 0.15) is 6.61 Å². The molecule has 0 aliphatic heterocycles. The van der Waals surface area contributed by atoms with Gasteiger partial charge in [0.2, 0.25) is 5.75 Å². The van der Waals surface area contributed by atoms with Crippen LogP contribution in [0.25, 0.3) is 0 Å². The van der Waals surface area contributed by atoms with Gasteiger partial charge in [-0.3, -0.25) is 19.9 Å². The zero-order valence-corrected chi connectivity index (χ0v) is 16.9. The van der Waals surface area contributed by atoms with Crippen LogP contribution in [0.4, 0.5) is 5.69 Å². The summed E-state index contributed by atoms with van der Waals surface area (Å²) in [6.45, 7) is 2.10. The molecule has 31 heavy (non-hydrogen) atoms. The predicted octanol–water partition coefficient (Wildman–Crippen LogP) is 3.65. The fraction of sp³-hybridized carbons (Fsp3) is 0.136. The van der Waals surface area contributed by atoms with E-state index < -0.39 is 10.8 Å². The first-order valence-corrected chi connectivity index (χ1v) is 9.26. The highest BCUT2D eigenvalue weighted by molar-refractivity contribution is 5.94. The summed E-state index contributed by atoms with van der Waals surface area (Å²) in [6.07, 6.45) is 4.27. The fourth-order valence-electron chi connectivity index (χ4n) is 2.81. The molecule has 9 nitrogen and oxygen atoms in total. The lowest BCUT2D eigenvalue weighted by molar-refractivity contribution is -0.386. The number of hydrazone groups is 1. The zero-order valence-electron chi connectivity index (χ0n) is 16.9. The first-order chi connectivity index (χ1) is 15.0. The predicted molar refractivity (Wildman–Crippen MR) is 114 cm³/mol. The molecule has 0 atom stereocenters. The van der Waals surface area contributed by atoms with Crippen LogP contribution in [0.2, 0.25) is 0 Å². The van der Waals surface area contributed by atoms with Crippen LogP contribution in [-0.4, -0.2) is 29.1 Å². The normalized spacial score (nSPS) is 10.6. The molecule has 0 saturated heterocycles. The van der Waals surface area contributed by atoms with E-state index in [2.05, 4.69) is 15.5 Å². The van der Waals surface area contributed by atoms with Crippen LogP contribution in [0.3, 0.4) is 0 Å².